The van der Waals surface area contributed by atoms with E-state index in [0.717, 1.165) is 25.7 Å². The molecule has 108 valence electrons. The van der Waals surface area contributed by atoms with Gasteiger partial charge < -0.3 is 16.2 Å². The lowest BCUT2D eigenvalue weighted by Crippen LogP contribution is -2.57. The first-order valence-corrected chi connectivity index (χ1v) is 7.24. The molecule has 0 radical (unpaired) electrons. The first kappa shape index (κ1) is 14.3. The van der Waals surface area contributed by atoms with E-state index >= 15 is 0 Å². The van der Waals surface area contributed by atoms with Gasteiger partial charge in [-0.15, -0.1) is 0 Å². The number of carbonyl (C=O) groups is 2. The number of rotatable bonds is 3. The molecule has 4 atom stereocenters. The van der Waals surface area contributed by atoms with Crippen molar-refractivity contribution in [3.05, 3.63) is 0 Å². The summed E-state index contributed by atoms with van der Waals surface area (Å²) < 4.78 is 0. The van der Waals surface area contributed by atoms with Crippen molar-refractivity contribution in [1.82, 2.24) is 5.32 Å². The van der Waals surface area contributed by atoms with Gasteiger partial charge in [0.2, 0.25) is 5.91 Å². The maximum absolute atomic E-state index is 12.2. The average molecular weight is 268 g/mol. The second-order valence-electron chi connectivity index (χ2n) is 6.35. The number of hydrogen-bond donors (Lipinski definition) is 3. The van der Waals surface area contributed by atoms with Gasteiger partial charge in [-0.05, 0) is 38.0 Å². The van der Waals surface area contributed by atoms with E-state index in [2.05, 4.69) is 12.2 Å². The SMILES string of the molecule is CC1CCCC(NC(=O)C2CCC(N)C2)(C(=O)O)C1. The fourth-order valence-corrected chi connectivity index (χ4v) is 3.50. The van der Waals surface area contributed by atoms with E-state index in [1.54, 1.807) is 0 Å². The third-order valence-corrected chi connectivity index (χ3v) is 4.61. The monoisotopic (exact) mass is 268 g/mol. The molecule has 2 saturated carbocycles. The Morgan fingerprint density at radius 3 is 2.58 bits per heavy atom. The molecule has 0 aromatic rings. The number of carboxylic acid groups (broad SMARTS) is 1. The van der Waals surface area contributed by atoms with Crippen molar-refractivity contribution < 1.29 is 14.7 Å². The Labute approximate surface area is 113 Å². The van der Waals surface area contributed by atoms with Crippen molar-refractivity contribution >= 4 is 11.9 Å². The lowest BCUT2D eigenvalue weighted by Gasteiger charge is -2.37. The Bertz CT molecular complexity index is 372. The summed E-state index contributed by atoms with van der Waals surface area (Å²) in [5.74, 6) is -0.779. The number of hydrogen-bond acceptors (Lipinski definition) is 3. The minimum atomic E-state index is -1.05. The summed E-state index contributed by atoms with van der Waals surface area (Å²) >= 11 is 0. The van der Waals surface area contributed by atoms with E-state index < -0.39 is 11.5 Å². The molecule has 2 fully saturated rings. The molecular formula is C14H24N2O3. The number of aliphatic carboxylic acids is 1. The van der Waals surface area contributed by atoms with Crippen molar-refractivity contribution in [2.24, 2.45) is 17.6 Å². The molecule has 2 aliphatic carbocycles. The van der Waals surface area contributed by atoms with Gasteiger partial charge in [0.15, 0.2) is 0 Å². The van der Waals surface area contributed by atoms with E-state index in [-0.39, 0.29) is 17.9 Å². The first-order valence-electron chi connectivity index (χ1n) is 7.24. The molecule has 0 aromatic heterocycles. The van der Waals surface area contributed by atoms with Crippen molar-refractivity contribution in [2.45, 2.75) is 63.5 Å². The number of carboxylic acids is 1. The van der Waals surface area contributed by atoms with Crippen LogP contribution in [0.1, 0.15) is 51.9 Å². The average Bonchev–Trinajstić information content (AvgIpc) is 2.75. The third-order valence-electron chi connectivity index (χ3n) is 4.61. The molecule has 4 unspecified atom stereocenters. The van der Waals surface area contributed by atoms with Crippen molar-refractivity contribution in [2.75, 3.05) is 0 Å². The van der Waals surface area contributed by atoms with E-state index in [0.29, 0.717) is 25.2 Å². The molecule has 2 aliphatic rings. The fraction of sp³-hybridized carbons (Fsp3) is 0.857. The minimum absolute atomic E-state index is 0.0850. The quantitative estimate of drug-likeness (QED) is 0.718. The highest BCUT2D eigenvalue weighted by Crippen LogP contribution is 2.34. The molecule has 0 spiro atoms. The van der Waals surface area contributed by atoms with Crippen molar-refractivity contribution in [3.63, 3.8) is 0 Å². The first-order chi connectivity index (χ1) is 8.93. The summed E-state index contributed by atoms with van der Waals surface area (Å²) in [4.78, 5) is 23.8. The highest BCUT2D eigenvalue weighted by atomic mass is 16.4. The van der Waals surface area contributed by atoms with Crippen molar-refractivity contribution in [3.8, 4) is 0 Å². The molecule has 0 aliphatic heterocycles. The van der Waals surface area contributed by atoms with Crippen LogP contribution < -0.4 is 11.1 Å². The number of amides is 1. The van der Waals surface area contributed by atoms with Crippen LogP contribution in [0.3, 0.4) is 0 Å². The summed E-state index contributed by atoms with van der Waals surface area (Å²) in [7, 11) is 0. The van der Waals surface area contributed by atoms with Gasteiger partial charge in [-0.3, -0.25) is 4.79 Å². The number of carbonyl (C=O) groups excluding carboxylic acids is 1. The molecule has 0 bridgehead atoms. The summed E-state index contributed by atoms with van der Waals surface area (Å²) in [6.45, 7) is 2.05. The van der Waals surface area contributed by atoms with Crippen LogP contribution in [0.5, 0.6) is 0 Å². The molecule has 5 nitrogen and oxygen atoms in total. The van der Waals surface area contributed by atoms with E-state index in [1.807, 2.05) is 0 Å². The maximum atomic E-state index is 12.2. The summed E-state index contributed by atoms with van der Waals surface area (Å²) in [6, 6.07) is 0.0850. The van der Waals surface area contributed by atoms with Crippen LogP contribution in [0.4, 0.5) is 0 Å². The Hall–Kier alpha value is -1.10. The molecule has 0 heterocycles. The Morgan fingerprint density at radius 1 is 1.32 bits per heavy atom. The maximum Gasteiger partial charge on any atom is 0.329 e. The number of nitrogens with one attached hydrogen (secondary N) is 1. The standard InChI is InChI=1S/C14H24N2O3/c1-9-3-2-6-14(8-9,13(18)19)16-12(17)10-4-5-11(15)7-10/h9-11H,2-8,15H2,1H3,(H,16,17)(H,18,19). The molecule has 4 N–H and O–H groups in total. The van der Waals surface area contributed by atoms with Crippen LogP contribution in [0.2, 0.25) is 0 Å². The minimum Gasteiger partial charge on any atom is -0.480 e. The largest absolute Gasteiger partial charge is 0.480 e. The van der Waals surface area contributed by atoms with E-state index in [4.69, 9.17) is 5.73 Å². The second kappa shape index (κ2) is 5.49. The summed E-state index contributed by atoms with van der Waals surface area (Å²) in [5.41, 5.74) is 4.76. The van der Waals surface area contributed by atoms with Gasteiger partial charge in [-0.2, -0.15) is 0 Å². The van der Waals surface area contributed by atoms with Crippen LogP contribution in [-0.2, 0) is 9.59 Å². The molecule has 0 aromatic carbocycles. The van der Waals surface area contributed by atoms with Crippen LogP contribution in [0.15, 0.2) is 0 Å². The number of nitrogens with two attached hydrogens (primary N) is 1. The lowest BCUT2D eigenvalue weighted by atomic mass is 9.76. The predicted molar refractivity (Wildman–Crippen MR) is 71.5 cm³/mol. The van der Waals surface area contributed by atoms with E-state index in [9.17, 15) is 14.7 Å². The highest BCUT2D eigenvalue weighted by Gasteiger charge is 2.44. The highest BCUT2D eigenvalue weighted by molar-refractivity contribution is 5.88. The van der Waals surface area contributed by atoms with Crippen molar-refractivity contribution in [1.29, 1.82) is 0 Å². The van der Waals surface area contributed by atoms with Gasteiger partial charge in [0, 0.05) is 12.0 Å². The van der Waals surface area contributed by atoms with Gasteiger partial charge in [-0.25, -0.2) is 4.79 Å². The zero-order valence-corrected chi connectivity index (χ0v) is 11.5. The lowest BCUT2D eigenvalue weighted by molar-refractivity contribution is -0.150. The van der Waals surface area contributed by atoms with Crippen LogP contribution >= 0.6 is 0 Å². The second-order valence-corrected chi connectivity index (χ2v) is 6.35. The predicted octanol–water partition coefficient (Wildman–Crippen LogP) is 1.26. The Morgan fingerprint density at radius 2 is 2.05 bits per heavy atom. The molecule has 19 heavy (non-hydrogen) atoms. The Balaban J connectivity index is 2.04. The fourth-order valence-electron chi connectivity index (χ4n) is 3.50. The van der Waals surface area contributed by atoms with Gasteiger partial charge in [-0.1, -0.05) is 19.8 Å². The summed E-state index contributed by atoms with van der Waals surface area (Å²) in [6.07, 6.45) is 5.28. The van der Waals surface area contributed by atoms with Gasteiger partial charge in [0.25, 0.3) is 0 Å². The zero-order chi connectivity index (χ0) is 14.0. The molecule has 1 amide bonds. The molecule has 5 heteroatoms. The van der Waals surface area contributed by atoms with Crippen LogP contribution in [-0.4, -0.2) is 28.6 Å². The normalized spacial score (nSPS) is 38.9. The zero-order valence-electron chi connectivity index (χ0n) is 11.5. The van der Waals surface area contributed by atoms with Crippen LogP contribution in [0.25, 0.3) is 0 Å². The van der Waals surface area contributed by atoms with Gasteiger partial charge in [0.05, 0.1) is 0 Å². The topological polar surface area (TPSA) is 92.4 Å². The molecule has 0 saturated heterocycles. The smallest absolute Gasteiger partial charge is 0.329 e. The van der Waals surface area contributed by atoms with Crippen LogP contribution in [0, 0.1) is 11.8 Å². The molecular weight excluding hydrogens is 244 g/mol. The van der Waals surface area contributed by atoms with E-state index in [1.165, 1.54) is 0 Å². The summed E-state index contributed by atoms with van der Waals surface area (Å²) in [5, 5.41) is 12.3. The third kappa shape index (κ3) is 3.08. The van der Waals surface area contributed by atoms with Gasteiger partial charge >= 0.3 is 5.97 Å². The molecule has 2 rings (SSSR count). The van der Waals surface area contributed by atoms with Gasteiger partial charge in [0.1, 0.15) is 5.54 Å². The Kier molecular flexibility index (Phi) is 4.13.